The fraction of sp³-hybridized carbons (Fsp3) is 0.423. The number of hydrogen-bond acceptors (Lipinski definition) is 8. The number of anilines is 1. The van der Waals surface area contributed by atoms with E-state index in [0.717, 1.165) is 47.2 Å². The number of benzene rings is 1. The van der Waals surface area contributed by atoms with E-state index >= 15 is 0 Å². The largest absolute Gasteiger partial charge is 0.497 e. The number of aliphatic hydroxyl groups excluding tert-OH is 2. The molecule has 3 aromatic rings. The highest BCUT2D eigenvalue weighted by molar-refractivity contribution is 8.00. The summed E-state index contributed by atoms with van der Waals surface area (Å²) in [6, 6.07) is 11.7. The molecule has 3 heterocycles. The van der Waals surface area contributed by atoms with Crippen molar-refractivity contribution in [1.29, 1.82) is 0 Å². The van der Waals surface area contributed by atoms with E-state index in [1.54, 1.807) is 19.4 Å². The molecule has 2 atom stereocenters. The molecule has 1 aliphatic carbocycles. The molecule has 4 N–H and O–H groups in total. The van der Waals surface area contributed by atoms with Crippen LogP contribution in [0.4, 0.5) is 5.82 Å². The number of thioether (sulfide) groups is 1. The number of carbonyl (C=O) groups excluding carboxylic acids is 1. The molecular weight excluding hydrogens is 464 g/mol. The van der Waals surface area contributed by atoms with Crippen LogP contribution >= 0.6 is 11.8 Å². The maximum absolute atomic E-state index is 11.6. The van der Waals surface area contributed by atoms with Crippen LogP contribution in [0.5, 0.6) is 5.75 Å². The molecule has 9 heteroatoms. The number of rotatable bonds is 7. The second-order valence-electron chi connectivity index (χ2n) is 9.20. The summed E-state index contributed by atoms with van der Waals surface area (Å²) in [5.41, 5.74) is 2.32. The Balaban J connectivity index is 1.17. The van der Waals surface area contributed by atoms with E-state index in [1.807, 2.05) is 30.3 Å². The summed E-state index contributed by atoms with van der Waals surface area (Å²) in [4.78, 5) is 21.6. The normalized spacial score (nSPS) is 21.7. The highest BCUT2D eigenvalue weighted by Gasteiger charge is 2.32. The van der Waals surface area contributed by atoms with Gasteiger partial charge in [0.1, 0.15) is 17.7 Å². The minimum Gasteiger partial charge on any atom is -0.497 e. The van der Waals surface area contributed by atoms with Crippen LogP contribution in [0.1, 0.15) is 43.0 Å². The minimum atomic E-state index is -0.991. The van der Waals surface area contributed by atoms with Crippen LogP contribution in [-0.4, -0.2) is 51.1 Å². The summed E-state index contributed by atoms with van der Waals surface area (Å²) >= 11 is 1.51. The van der Waals surface area contributed by atoms with Crippen molar-refractivity contribution in [3.8, 4) is 5.75 Å². The van der Waals surface area contributed by atoms with E-state index in [2.05, 4.69) is 20.6 Å². The summed E-state index contributed by atoms with van der Waals surface area (Å²) < 4.78 is 5.33. The third-order valence-corrected chi connectivity index (χ3v) is 8.03. The first-order chi connectivity index (χ1) is 17.0. The molecule has 8 nitrogen and oxygen atoms in total. The number of methoxy groups -OCH3 is 1. The number of hydrogen-bond donors (Lipinski definition) is 4. The van der Waals surface area contributed by atoms with Gasteiger partial charge in [-0.1, -0.05) is 0 Å². The molecule has 0 saturated heterocycles. The average Bonchev–Trinajstić information content (AvgIpc) is 2.90. The van der Waals surface area contributed by atoms with Gasteiger partial charge in [0.05, 0.1) is 35.1 Å². The van der Waals surface area contributed by atoms with Gasteiger partial charge >= 0.3 is 0 Å². The van der Waals surface area contributed by atoms with Gasteiger partial charge in [-0.15, -0.1) is 11.8 Å². The van der Waals surface area contributed by atoms with Crippen molar-refractivity contribution < 1.29 is 19.7 Å². The first-order valence-corrected chi connectivity index (χ1v) is 12.9. The minimum absolute atomic E-state index is 0.0157. The summed E-state index contributed by atoms with van der Waals surface area (Å²) in [6.07, 6.45) is 3.30. The lowest BCUT2D eigenvalue weighted by atomic mass is 9.79. The average molecular weight is 495 g/mol. The Labute approximate surface area is 208 Å². The zero-order chi connectivity index (χ0) is 24.4. The van der Waals surface area contributed by atoms with Crippen molar-refractivity contribution in [3.63, 3.8) is 0 Å². The summed E-state index contributed by atoms with van der Waals surface area (Å²) in [6.45, 7) is 0.624. The number of pyridine rings is 2. The SMILES string of the molecule is COc1ccc2nccc([C@@H](O)[C@H](O)C3CCC(NCc4ccc5c(n4)NC(=O)CS5)CC3)c2c1. The monoisotopic (exact) mass is 494 g/mol. The van der Waals surface area contributed by atoms with Gasteiger partial charge in [0.2, 0.25) is 5.91 Å². The van der Waals surface area contributed by atoms with Crippen molar-refractivity contribution in [3.05, 3.63) is 53.9 Å². The Bertz CT molecular complexity index is 1220. The summed E-state index contributed by atoms with van der Waals surface area (Å²) in [5, 5.41) is 29.3. The number of amides is 1. The fourth-order valence-electron chi connectivity index (χ4n) is 4.99. The van der Waals surface area contributed by atoms with Crippen LogP contribution < -0.4 is 15.4 Å². The summed E-state index contributed by atoms with van der Waals surface area (Å²) in [7, 11) is 1.60. The zero-order valence-corrected chi connectivity index (χ0v) is 20.4. The van der Waals surface area contributed by atoms with Crippen LogP contribution in [0, 0.1) is 5.92 Å². The van der Waals surface area contributed by atoms with Crippen molar-refractivity contribution in [2.45, 2.75) is 55.4 Å². The standard InChI is InChI=1S/C26H30N4O4S/c1-34-18-7-8-21-20(12-18)19(10-11-27-21)25(33)24(32)15-2-4-16(5-3-15)28-13-17-6-9-22-26(29-17)30-23(31)14-35-22/h6-12,15-16,24-25,28,32-33H,2-5,13-14H2,1H3,(H,29,30,31)/t15?,16?,24-,25-/m1/s1. The third-order valence-electron chi connectivity index (χ3n) is 6.98. The maximum Gasteiger partial charge on any atom is 0.235 e. The smallest absolute Gasteiger partial charge is 0.235 e. The van der Waals surface area contributed by atoms with Gasteiger partial charge < -0.3 is 25.6 Å². The molecule has 1 fully saturated rings. The number of nitrogens with zero attached hydrogens (tertiary/aromatic N) is 2. The lowest BCUT2D eigenvalue weighted by Crippen LogP contribution is -2.37. The number of aromatic nitrogens is 2. The molecule has 2 aliphatic rings. The first-order valence-electron chi connectivity index (χ1n) is 12.0. The number of aliphatic hydroxyl groups is 2. The van der Waals surface area contributed by atoms with Crippen molar-refractivity contribution in [1.82, 2.24) is 15.3 Å². The number of carbonyl (C=O) groups is 1. The van der Waals surface area contributed by atoms with Crippen molar-refractivity contribution in [2.24, 2.45) is 5.92 Å². The third kappa shape index (κ3) is 5.28. The van der Waals surface area contributed by atoms with Crippen LogP contribution in [0.25, 0.3) is 10.9 Å². The van der Waals surface area contributed by atoms with Gasteiger partial charge in [-0.05, 0) is 73.6 Å². The molecule has 0 radical (unpaired) electrons. The Morgan fingerprint density at radius 1 is 1.17 bits per heavy atom. The molecule has 1 saturated carbocycles. The van der Waals surface area contributed by atoms with E-state index in [9.17, 15) is 15.0 Å². The van der Waals surface area contributed by atoms with Gasteiger partial charge in [-0.25, -0.2) is 4.98 Å². The molecule has 184 valence electrons. The Morgan fingerprint density at radius 3 is 2.80 bits per heavy atom. The Morgan fingerprint density at radius 2 is 2.00 bits per heavy atom. The maximum atomic E-state index is 11.6. The van der Waals surface area contributed by atoms with E-state index < -0.39 is 12.2 Å². The topological polar surface area (TPSA) is 117 Å². The second-order valence-corrected chi connectivity index (χ2v) is 10.2. The van der Waals surface area contributed by atoms with Crippen LogP contribution in [0.3, 0.4) is 0 Å². The predicted molar refractivity (Wildman–Crippen MR) is 135 cm³/mol. The predicted octanol–water partition coefficient (Wildman–Crippen LogP) is 3.43. The van der Waals surface area contributed by atoms with Crippen LogP contribution in [-0.2, 0) is 11.3 Å². The van der Waals surface area contributed by atoms with Gasteiger partial charge in [0, 0.05) is 24.2 Å². The Kier molecular flexibility index (Phi) is 7.19. The van der Waals surface area contributed by atoms with Crippen LogP contribution in [0.15, 0.2) is 47.5 Å². The molecule has 1 aliphatic heterocycles. The lowest BCUT2D eigenvalue weighted by molar-refractivity contribution is -0.113. The second kappa shape index (κ2) is 10.5. The van der Waals surface area contributed by atoms with Gasteiger partial charge in [-0.2, -0.15) is 0 Å². The molecule has 0 spiro atoms. The molecule has 0 bridgehead atoms. The van der Waals surface area contributed by atoms with Gasteiger partial charge in [0.15, 0.2) is 0 Å². The van der Waals surface area contributed by atoms with E-state index in [1.165, 1.54) is 11.8 Å². The lowest BCUT2D eigenvalue weighted by Gasteiger charge is -2.34. The van der Waals surface area contributed by atoms with Crippen LogP contribution in [0.2, 0.25) is 0 Å². The summed E-state index contributed by atoms with van der Waals surface area (Å²) in [5.74, 6) is 1.77. The molecular formula is C26H30N4O4S. The highest BCUT2D eigenvalue weighted by Crippen LogP contribution is 2.35. The molecule has 0 unspecified atom stereocenters. The van der Waals surface area contributed by atoms with Crippen molar-refractivity contribution in [2.75, 3.05) is 18.2 Å². The Hall–Kier alpha value is -2.72. The zero-order valence-electron chi connectivity index (χ0n) is 19.6. The quantitative estimate of drug-likeness (QED) is 0.395. The number of nitrogens with one attached hydrogen (secondary N) is 2. The van der Waals surface area contributed by atoms with Crippen molar-refractivity contribution >= 4 is 34.4 Å². The molecule has 35 heavy (non-hydrogen) atoms. The molecule has 2 aromatic heterocycles. The fourth-order valence-corrected chi connectivity index (χ4v) is 5.75. The molecule has 1 amide bonds. The highest BCUT2D eigenvalue weighted by atomic mass is 32.2. The molecule has 5 rings (SSSR count). The van der Waals surface area contributed by atoms with Gasteiger partial charge in [0.25, 0.3) is 0 Å². The van der Waals surface area contributed by atoms with E-state index in [0.29, 0.717) is 35.5 Å². The van der Waals surface area contributed by atoms with E-state index in [-0.39, 0.29) is 11.8 Å². The van der Waals surface area contributed by atoms with E-state index in [4.69, 9.17) is 4.74 Å². The number of ether oxygens (including phenoxy) is 1. The number of fused-ring (bicyclic) bond motifs is 2. The first kappa shape index (κ1) is 24.0. The van der Waals surface area contributed by atoms with Gasteiger partial charge in [-0.3, -0.25) is 9.78 Å². The molecule has 1 aromatic carbocycles.